The highest BCUT2D eigenvalue weighted by Gasteiger charge is 2.16. The fourth-order valence-corrected chi connectivity index (χ4v) is 2.27. The largest absolute Gasteiger partial charge is 0.493 e. The number of carbonyl (C=O) groups excluding carboxylic acids is 1. The molecule has 5 nitrogen and oxygen atoms in total. The van der Waals surface area contributed by atoms with Gasteiger partial charge in [0.15, 0.2) is 11.5 Å². The second kappa shape index (κ2) is 7.14. The van der Waals surface area contributed by atoms with Crippen molar-refractivity contribution in [1.82, 2.24) is 5.32 Å². The molecule has 1 aromatic rings. The number of hydrogen-bond acceptors (Lipinski definition) is 4. The minimum atomic E-state index is -0.00674. The van der Waals surface area contributed by atoms with E-state index in [-0.39, 0.29) is 12.0 Å². The van der Waals surface area contributed by atoms with Gasteiger partial charge < -0.3 is 19.5 Å². The summed E-state index contributed by atoms with van der Waals surface area (Å²) >= 11 is 0. The molecule has 0 spiro atoms. The van der Waals surface area contributed by atoms with Gasteiger partial charge in [-0.05, 0) is 30.5 Å². The molecule has 2 rings (SSSR count). The molecule has 20 heavy (non-hydrogen) atoms. The van der Waals surface area contributed by atoms with Gasteiger partial charge in [0.25, 0.3) is 0 Å². The molecule has 1 atom stereocenters. The number of nitrogens with one attached hydrogen (secondary N) is 1. The predicted molar refractivity (Wildman–Crippen MR) is 75.2 cm³/mol. The van der Waals surface area contributed by atoms with E-state index in [4.69, 9.17) is 14.2 Å². The number of benzene rings is 1. The third-order valence-electron chi connectivity index (χ3n) is 3.36. The molecule has 0 aliphatic carbocycles. The molecule has 1 N–H and O–H groups in total. The van der Waals surface area contributed by atoms with Gasteiger partial charge in [0.2, 0.25) is 5.91 Å². The van der Waals surface area contributed by atoms with Crippen LogP contribution >= 0.6 is 0 Å². The van der Waals surface area contributed by atoms with Crippen LogP contribution < -0.4 is 14.8 Å². The summed E-state index contributed by atoms with van der Waals surface area (Å²) in [6, 6.07) is 5.50. The number of carbonyl (C=O) groups is 1. The summed E-state index contributed by atoms with van der Waals surface area (Å²) in [5.74, 6) is 1.29. The summed E-state index contributed by atoms with van der Waals surface area (Å²) < 4.78 is 15.9. The lowest BCUT2D eigenvalue weighted by molar-refractivity contribution is -0.120. The number of methoxy groups -OCH3 is 2. The second-order valence-corrected chi connectivity index (χ2v) is 4.81. The molecular weight excluding hydrogens is 258 g/mol. The van der Waals surface area contributed by atoms with Crippen molar-refractivity contribution < 1.29 is 19.0 Å². The Hall–Kier alpha value is -1.75. The van der Waals surface area contributed by atoms with Gasteiger partial charge >= 0.3 is 0 Å². The van der Waals surface area contributed by atoms with E-state index in [1.165, 1.54) is 0 Å². The van der Waals surface area contributed by atoms with E-state index in [0.29, 0.717) is 24.5 Å². The van der Waals surface area contributed by atoms with Crippen molar-refractivity contribution in [3.63, 3.8) is 0 Å². The maximum Gasteiger partial charge on any atom is 0.224 e. The van der Waals surface area contributed by atoms with Crippen LogP contribution in [-0.2, 0) is 16.0 Å². The first-order chi connectivity index (χ1) is 9.72. The molecule has 1 heterocycles. The Bertz CT molecular complexity index is 455. The molecule has 110 valence electrons. The Labute approximate surface area is 119 Å². The summed E-state index contributed by atoms with van der Waals surface area (Å²) in [7, 11) is 3.17. The van der Waals surface area contributed by atoms with E-state index in [9.17, 15) is 4.79 Å². The molecule has 1 fully saturated rings. The second-order valence-electron chi connectivity index (χ2n) is 4.81. The van der Waals surface area contributed by atoms with Crippen LogP contribution in [0.3, 0.4) is 0 Å². The van der Waals surface area contributed by atoms with E-state index in [1.54, 1.807) is 14.2 Å². The Morgan fingerprint density at radius 1 is 1.35 bits per heavy atom. The van der Waals surface area contributed by atoms with Crippen molar-refractivity contribution in [2.75, 3.05) is 27.4 Å². The summed E-state index contributed by atoms with van der Waals surface area (Å²) in [4.78, 5) is 11.9. The molecule has 1 amide bonds. The fourth-order valence-electron chi connectivity index (χ4n) is 2.27. The van der Waals surface area contributed by atoms with E-state index in [2.05, 4.69) is 5.32 Å². The van der Waals surface area contributed by atoms with Crippen LogP contribution in [0.15, 0.2) is 18.2 Å². The predicted octanol–water partition coefficient (Wildman–Crippen LogP) is 1.54. The van der Waals surface area contributed by atoms with Crippen molar-refractivity contribution in [1.29, 1.82) is 0 Å². The smallest absolute Gasteiger partial charge is 0.224 e. The van der Waals surface area contributed by atoms with Crippen LogP contribution in [-0.4, -0.2) is 39.4 Å². The highest BCUT2D eigenvalue weighted by Crippen LogP contribution is 2.27. The van der Waals surface area contributed by atoms with Crippen LogP contribution in [0.2, 0.25) is 0 Å². The molecule has 1 saturated heterocycles. The quantitative estimate of drug-likeness (QED) is 0.858. The minimum absolute atomic E-state index is 0.00674. The molecular formula is C15H21NO4. The minimum Gasteiger partial charge on any atom is -0.493 e. The van der Waals surface area contributed by atoms with Gasteiger partial charge in [-0.3, -0.25) is 4.79 Å². The van der Waals surface area contributed by atoms with Crippen molar-refractivity contribution in [2.45, 2.75) is 25.4 Å². The van der Waals surface area contributed by atoms with Crippen molar-refractivity contribution >= 4 is 5.91 Å². The number of hydrogen-bond donors (Lipinski definition) is 1. The lowest BCUT2D eigenvalue weighted by Gasteiger charge is -2.12. The number of amides is 1. The average Bonchev–Trinajstić information content (AvgIpc) is 2.98. The van der Waals surface area contributed by atoms with Gasteiger partial charge in [-0.2, -0.15) is 0 Å². The molecule has 5 heteroatoms. The zero-order valence-corrected chi connectivity index (χ0v) is 12.0. The first kappa shape index (κ1) is 14.7. The Balaban J connectivity index is 1.86. The fraction of sp³-hybridized carbons (Fsp3) is 0.533. The third-order valence-corrected chi connectivity index (χ3v) is 3.36. The Kier molecular flexibility index (Phi) is 5.24. The van der Waals surface area contributed by atoms with Crippen LogP contribution in [0, 0.1) is 0 Å². The van der Waals surface area contributed by atoms with Gasteiger partial charge in [-0.1, -0.05) is 6.07 Å². The van der Waals surface area contributed by atoms with E-state index >= 15 is 0 Å². The molecule has 1 aliphatic heterocycles. The van der Waals surface area contributed by atoms with E-state index < -0.39 is 0 Å². The van der Waals surface area contributed by atoms with Crippen LogP contribution in [0.25, 0.3) is 0 Å². The molecule has 1 aromatic carbocycles. The molecule has 0 saturated carbocycles. The average molecular weight is 279 g/mol. The Morgan fingerprint density at radius 2 is 2.15 bits per heavy atom. The van der Waals surface area contributed by atoms with Gasteiger partial charge in [0.1, 0.15) is 0 Å². The SMILES string of the molecule is COc1ccc(CC(=O)NC[C@@H]2CCCO2)cc1OC. The van der Waals surface area contributed by atoms with Gasteiger partial charge in [0, 0.05) is 13.2 Å². The molecule has 0 unspecified atom stereocenters. The lowest BCUT2D eigenvalue weighted by atomic mass is 10.1. The van der Waals surface area contributed by atoms with Crippen LogP contribution in [0.4, 0.5) is 0 Å². The van der Waals surface area contributed by atoms with Crippen molar-refractivity contribution in [3.8, 4) is 11.5 Å². The third kappa shape index (κ3) is 3.87. The van der Waals surface area contributed by atoms with Crippen LogP contribution in [0.1, 0.15) is 18.4 Å². The summed E-state index contributed by atoms with van der Waals surface area (Å²) in [5, 5.41) is 2.90. The molecule has 0 aromatic heterocycles. The monoisotopic (exact) mass is 279 g/mol. The van der Waals surface area contributed by atoms with Gasteiger partial charge in [0.05, 0.1) is 26.7 Å². The lowest BCUT2D eigenvalue weighted by Crippen LogP contribution is -2.32. The highest BCUT2D eigenvalue weighted by atomic mass is 16.5. The standard InChI is InChI=1S/C15H21NO4/c1-18-13-6-5-11(8-14(13)19-2)9-15(17)16-10-12-4-3-7-20-12/h5-6,8,12H,3-4,7,9-10H2,1-2H3,(H,16,17)/t12-/m0/s1. The van der Waals surface area contributed by atoms with E-state index in [0.717, 1.165) is 25.0 Å². The zero-order valence-electron chi connectivity index (χ0n) is 12.0. The van der Waals surface area contributed by atoms with Crippen molar-refractivity contribution in [2.24, 2.45) is 0 Å². The summed E-state index contributed by atoms with van der Waals surface area (Å²) in [5.41, 5.74) is 0.896. The van der Waals surface area contributed by atoms with Gasteiger partial charge in [-0.15, -0.1) is 0 Å². The topological polar surface area (TPSA) is 56.8 Å². The molecule has 0 radical (unpaired) electrons. The van der Waals surface area contributed by atoms with Gasteiger partial charge in [-0.25, -0.2) is 0 Å². The Morgan fingerprint density at radius 3 is 2.80 bits per heavy atom. The first-order valence-electron chi connectivity index (χ1n) is 6.82. The van der Waals surface area contributed by atoms with Crippen molar-refractivity contribution in [3.05, 3.63) is 23.8 Å². The summed E-state index contributed by atoms with van der Waals surface area (Å²) in [6.07, 6.45) is 2.60. The molecule has 0 bridgehead atoms. The normalized spacial score (nSPS) is 17.8. The number of rotatable bonds is 6. The molecule has 1 aliphatic rings. The van der Waals surface area contributed by atoms with E-state index in [1.807, 2.05) is 18.2 Å². The maximum atomic E-state index is 11.9. The maximum absolute atomic E-state index is 11.9. The highest BCUT2D eigenvalue weighted by molar-refractivity contribution is 5.78. The first-order valence-corrected chi connectivity index (χ1v) is 6.82. The number of ether oxygens (including phenoxy) is 3. The summed E-state index contributed by atoms with van der Waals surface area (Å²) in [6.45, 7) is 1.39. The zero-order chi connectivity index (χ0) is 14.4. The van der Waals surface area contributed by atoms with Crippen LogP contribution in [0.5, 0.6) is 11.5 Å².